The Morgan fingerprint density at radius 3 is 2.94 bits per heavy atom. The summed E-state index contributed by atoms with van der Waals surface area (Å²) < 4.78 is 9.99. The largest absolute Gasteiger partial charge is 0.490 e. The molecule has 0 heterocycles. The second kappa shape index (κ2) is 6.70. The van der Waals surface area contributed by atoms with Crippen LogP contribution < -0.4 is 4.74 Å². The molecule has 0 amide bonds. The normalized spacial score (nSPS) is 9.25. The van der Waals surface area contributed by atoms with Gasteiger partial charge in [-0.2, -0.15) is 5.26 Å². The fourth-order valence-electron chi connectivity index (χ4n) is 0.987. The van der Waals surface area contributed by atoms with Crippen LogP contribution in [0.15, 0.2) is 24.3 Å². The molecular formula is C11H10ClNO3. The van der Waals surface area contributed by atoms with E-state index in [1.165, 1.54) is 0 Å². The topological polar surface area (TPSA) is 59.3 Å². The van der Waals surface area contributed by atoms with Crippen LogP contribution >= 0.6 is 11.6 Å². The van der Waals surface area contributed by atoms with E-state index < -0.39 is 5.97 Å². The Morgan fingerprint density at radius 2 is 2.25 bits per heavy atom. The van der Waals surface area contributed by atoms with Crippen molar-refractivity contribution < 1.29 is 14.3 Å². The predicted octanol–water partition coefficient (Wildman–Crippen LogP) is 2.18. The van der Waals surface area contributed by atoms with Crippen molar-refractivity contribution in [3.63, 3.8) is 0 Å². The molecule has 0 atom stereocenters. The minimum absolute atomic E-state index is 0.118. The molecule has 0 aliphatic carbocycles. The van der Waals surface area contributed by atoms with Gasteiger partial charge in [-0.25, -0.2) is 0 Å². The molecule has 0 radical (unpaired) electrons. The summed E-state index contributed by atoms with van der Waals surface area (Å²) in [5.74, 6) is 0.0704. The molecule has 0 saturated carbocycles. The monoisotopic (exact) mass is 239 g/mol. The molecule has 1 aromatic rings. The van der Waals surface area contributed by atoms with Gasteiger partial charge in [0.1, 0.15) is 25.4 Å². The summed E-state index contributed by atoms with van der Waals surface area (Å²) in [7, 11) is 0. The van der Waals surface area contributed by atoms with Crippen molar-refractivity contribution in [3.05, 3.63) is 29.3 Å². The lowest BCUT2D eigenvalue weighted by atomic mass is 10.3. The Kier molecular flexibility index (Phi) is 5.17. The molecule has 0 aliphatic rings. The SMILES string of the molecule is N#CCC(=O)OCCOc1cccc(Cl)c1. The number of nitrogens with zero attached hydrogens (tertiary/aromatic N) is 1. The lowest BCUT2D eigenvalue weighted by molar-refractivity contribution is -0.143. The molecule has 4 nitrogen and oxygen atoms in total. The molecule has 0 spiro atoms. The maximum absolute atomic E-state index is 10.8. The van der Waals surface area contributed by atoms with Crippen LogP contribution in [0.25, 0.3) is 0 Å². The van der Waals surface area contributed by atoms with Crippen molar-refractivity contribution in [2.45, 2.75) is 6.42 Å². The summed E-state index contributed by atoms with van der Waals surface area (Å²) in [6.07, 6.45) is -0.239. The van der Waals surface area contributed by atoms with Crippen molar-refractivity contribution in [1.82, 2.24) is 0 Å². The number of hydrogen-bond acceptors (Lipinski definition) is 4. The van der Waals surface area contributed by atoms with Gasteiger partial charge in [0.25, 0.3) is 0 Å². The average molecular weight is 240 g/mol. The number of carbonyl (C=O) groups excluding carboxylic acids is 1. The second-order valence-electron chi connectivity index (χ2n) is 2.86. The van der Waals surface area contributed by atoms with Gasteiger partial charge in [0.15, 0.2) is 0 Å². The standard InChI is InChI=1S/C11H10ClNO3/c12-9-2-1-3-10(8-9)15-6-7-16-11(14)4-5-13/h1-3,8H,4,6-7H2. The molecule has 16 heavy (non-hydrogen) atoms. The van der Waals surface area contributed by atoms with Gasteiger partial charge < -0.3 is 9.47 Å². The summed E-state index contributed by atoms with van der Waals surface area (Å²) in [6.45, 7) is 0.352. The summed E-state index contributed by atoms with van der Waals surface area (Å²) in [5.41, 5.74) is 0. The third-order valence-electron chi connectivity index (χ3n) is 1.63. The fourth-order valence-corrected chi connectivity index (χ4v) is 1.17. The van der Waals surface area contributed by atoms with Crippen LogP contribution in [0.5, 0.6) is 5.75 Å². The third-order valence-corrected chi connectivity index (χ3v) is 1.87. The van der Waals surface area contributed by atoms with E-state index in [0.717, 1.165) is 0 Å². The number of ether oxygens (including phenoxy) is 2. The Labute approximate surface area is 98.3 Å². The summed E-state index contributed by atoms with van der Waals surface area (Å²) in [5, 5.41) is 8.79. The van der Waals surface area contributed by atoms with Gasteiger partial charge in [-0.1, -0.05) is 17.7 Å². The van der Waals surface area contributed by atoms with E-state index in [0.29, 0.717) is 10.8 Å². The van der Waals surface area contributed by atoms with Crippen LogP contribution in [-0.2, 0) is 9.53 Å². The Balaban J connectivity index is 2.21. The van der Waals surface area contributed by atoms with Crippen LogP contribution in [-0.4, -0.2) is 19.2 Å². The average Bonchev–Trinajstić information content (AvgIpc) is 2.25. The number of halogens is 1. The van der Waals surface area contributed by atoms with Gasteiger partial charge in [-0.3, -0.25) is 4.79 Å². The van der Waals surface area contributed by atoms with Gasteiger partial charge in [-0.05, 0) is 18.2 Å². The van der Waals surface area contributed by atoms with Crippen LogP contribution in [0.4, 0.5) is 0 Å². The van der Waals surface area contributed by atoms with Gasteiger partial charge in [0.05, 0.1) is 6.07 Å². The van der Waals surface area contributed by atoms with E-state index in [1.54, 1.807) is 30.3 Å². The van der Waals surface area contributed by atoms with E-state index in [-0.39, 0.29) is 19.6 Å². The highest BCUT2D eigenvalue weighted by Gasteiger charge is 2.01. The van der Waals surface area contributed by atoms with E-state index in [2.05, 4.69) is 0 Å². The maximum Gasteiger partial charge on any atom is 0.320 e. The first-order valence-corrected chi connectivity index (χ1v) is 5.01. The molecule has 0 N–H and O–H groups in total. The zero-order chi connectivity index (χ0) is 11.8. The lowest BCUT2D eigenvalue weighted by Gasteiger charge is -2.06. The van der Waals surface area contributed by atoms with E-state index in [4.69, 9.17) is 26.3 Å². The van der Waals surface area contributed by atoms with Crippen molar-refractivity contribution >= 4 is 17.6 Å². The third kappa shape index (κ3) is 4.67. The zero-order valence-electron chi connectivity index (χ0n) is 8.48. The van der Waals surface area contributed by atoms with E-state index in [1.807, 2.05) is 0 Å². The molecular weight excluding hydrogens is 230 g/mol. The van der Waals surface area contributed by atoms with Crippen LogP contribution in [0.2, 0.25) is 5.02 Å². The van der Waals surface area contributed by atoms with Gasteiger partial charge in [0, 0.05) is 5.02 Å². The highest BCUT2D eigenvalue weighted by atomic mass is 35.5. The number of nitriles is 1. The first kappa shape index (κ1) is 12.3. The highest BCUT2D eigenvalue weighted by molar-refractivity contribution is 6.30. The first-order chi connectivity index (χ1) is 7.72. The molecule has 0 saturated heterocycles. The fraction of sp³-hybridized carbons (Fsp3) is 0.273. The number of hydrogen-bond donors (Lipinski definition) is 0. The van der Waals surface area contributed by atoms with Crippen molar-refractivity contribution in [2.75, 3.05) is 13.2 Å². The number of carbonyl (C=O) groups is 1. The molecule has 0 aliphatic heterocycles. The van der Waals surface area contributed by atoms with E-state index >= 15 is 0 Å². The quantitative estimate of drug-likeness (QED) is 0.584. The van der Waals surface area contributed by atoms with Crippen LogP contribution in [0.1, 0.15) is 6.42 Å². The molecule has 0 unspecified atom stereocenters. The lowest BCUT2D eigenvalue weighted by Crippen LogP contribution is -2.11. The Morgan fingerprint density at radius 1 is 1.44 bits per heavy atom. The summed E-state index contributed by atoms with van der Waals surface area (Å²) in [6, 6.07) is 8.62. The van der Waals surface area contributed by atoms with Crippen LogP contribution in [0, 0.1) is 11.3 Å². The molecule has 0 aromatic heterocycles. The maximum atomic E-state index is 10.8. The minimum Gasteiger partial charge on any atom is -0.490 e. The first-order valence-electron chi connectivity index (χ1n) is 4.63. The van der Waals surface area contributed by atoms with Gasteiger partial charge >= 0.3 is 5.97 Å². The molecule has 84 valence electrons. The number of esters is 1. The summed E-state index contributed by atoms with van der Waals surface area (Å²) in [4.78, 5) is 10.8. The van der Waals surface area contributed by atoms with Gasteiger partial charge in [0.2, 0.25) is 0 Å². The van der Waals surface area contributed by atoms with Gasteiger partial charge in [-0.15, -0.1) is 0 Å². The molecule has 0 bridgehead atoms. The van der Waals surface area contributed by atoms with Crippen molar-refractivity contribution in [2.24, 2.45) is 0 Å². The van der Waals surface area contributed by atoms with E-state index in [9.17, 15) is 4.79 Å². The zero-order valence-corrected chi connectivity index (χ0v) is 9.24. The summed E-state index contributed by atoms with van der Waals surface area (Å²) >= 11 is 5.75. The molecule has 5 heteroatoms. The van der Waals surface area contributed by atoms with Crippen molar-refractivity contribution in [1.29, 1.82) is 5.26 Å². The van der Waals surface area contributed by atoms with Crippen molar-refractivity contribution in [3.8, 4) is 11.8 Å². The molecule has 1 aromatic carbocycles. The Hall–Kier alpha value is -1.73. The number of rotatable bonds is 5. The highest BCUT2D eigenvalue weighted by Crippen LogP contribution is 2.16. The second-order valence-corrected chi connectivity index (χ2v) is 3.30. The molecule has 0 fully saturated rings. The minimum atomic E-state index is -0.544. The number of benzene rings is 1. The Bertz CT molecular complexity index is 400. The molecule has 1 rings (SSSR count). The predicted molar refractivity (Wildman–Crippen MR) is 58.1 cm³/mol. The van der Waals surface area contributed by atoms with Crippen LogP contribution in [0.3, 0.4) is 0 Å². The smallest absolute Gasteiger partial charge is 0.320 e.